The molecule has 0 bridgehead atoms. The molecule has 1 N–H and O–H groups in total. The number of nitrogens with one attached hydrogen (secondary N) is 1. The molecule has 0 radical (unpaired) electrons. The third-order valence-electron chi connectivity index (χ3n) is 5.49. The summed E-state index contributed by atoms with van der Waals surface area (Å²) in [5.74, 6) is 2.84. The van der Waals surface area contributed by atoms with Crippen molar-refractivity contribution in [1.29, 1.82) is 0 Å². The van der Waals surface area contributed by atoms with Crippen LogP contribution in [0.4, 0.5) is 0 Å². The predicted octanol–water partition coefficient (Wildman–Crippen LogP) is 5.81. The molecule has 3 aromatic rings. The maximum Gasteiger partial charge on any atom is 0.111 e. The Labute approximate surface area is 163 Å². The van der Waals surface area contributed by atoms with Crippen LogP contribution in [0.25, 0.3) is 11.0 Å². The molecular formula is C20H22Cl2N4. The number of nitrogens with zero attached hydrogens (tertiary/aromatic N) is 3. The molecule has 0 amide bonds. The summed E-state index contributed by atoms with van der Waals surface area (Å²) in [4.78, 5) is 8.32. The number of rotatable bonds is 7. The van der Waals surface area contributed by atoms with Crippen molar-refractivity contribution in [3.63, 3.8) is 0 Å². The Morgan fingerprint density at radius 1 is 1.19 bits per heavy atom. The molecule has 0 aliphatic heterocycles. The van der Waals surface area contributed by atoms with Crippen LogP contribution in [0, 0.1) is 11.8 Å². The fraction of sp³-hybridized carbons (Fsp3) is 0.450. The summed E-state index contributed by atoms with van der Waals surface area (Å²) in [7, 11) is 0. The normalized spacial score (nSPS) is 16.7. The number of aromatic nitrogens is 4. The van der Waals surface area contributed by atoms with Crippen LogP contribution >= 0.6 is 23.2 Å². The quantitative estimate of drug-likeness (QED) is 0.555. The number of hydrogen-bond donors (Lipinski definition) is 1. The molecule has 0 saturated heterocycles. The Balaban J connectivity index is 1.56. The molecule has 26 heavy (non-hydrogen) atoms. The number of benzene rings is 1. The number of hydrogen-bond acceptors (Lipinski definition) is 3. The highest BCUT2D eigenvalue weighted by Gasteiger charge is 2.38. The molecule has 1 aliphatic carbocycles. The molecule has 0 spiro atoms. The molecule has 1 aromatic carbocycles. The summed E-state index contributed by atoms with van der Waals surface area (Å²) < 4.78 is 0. The minimum absolute atomic E-state index is 0.457. The lowest BCUT2D eigenvalue weighted by molar-refractivity contribution is 0.342. The zero-order valence-electron chi connectivity index (χ0n) is 14.8. The Morgan fingerprint density at radius 3 is 2.69 bits per heavy atom. The average Bonchev–Trinajstić information content (AvgIpc) is 3.37. The molecule has 1 aliphatic rings. The Kier molecular flexibility index (Phi) is 5.14. The molecular weight excluding hydrogens is 367 g/mol. The van der Waals surface area contributed by atoms with Crippen molar-refractivity contribution in [1.82, 2.24) is 20.2 Å². The second-order valence-electron chi connectivity index (χ2n) is 7.22. The van der Waals surface area contributed by atoms with E-state index >= 15 is 0 Å². The third kappa shape index (κ3) is 3.72. The van der Waals surface area contributed by atoms with E-state index in [1.807, 2.05) is 18.2 Å². The lowest BCUT2D eigenvalue weighted by Crippen LogP contribution is -2.17. The fourth-order valence-corrected chi connectivity index (χ4v) is 4.45. The van der Waals surface area contributed by atoms with Crippen LogP contribution in [0.15, 0.2) is 30.6 Å². The van der Waals surface area contributed by atoms with E-state index < -0.39 is 0 Å². The van der Waals surface area contributed by atoms with E-state index in [9.17, 15) is 0 Å². The van der Waals surface area contributed by atoms with Gasteiger partial charge in [-0.25, -0.2) is 4.98 Å². The van der Waals surface area contributed by atoms with Crippen LogP contribution < -0.4 is 0 Å². The van der Waals surface area contributed by atoms with E-state index in [0.717, 1.165) is 47.1 Å². The van der Waals surface area contributed by atoms with Gasteiger partial charge in [0.2, 0.25) is 0 Å². The van der Waals surface area contributed by atoms with Crippen molar-refractivity contribution in [3.05, 3.63) is 52.0 Å². The lowest BCUT2D eigenvalue weighted by atomic mass is 9.81. The van der Waals surface area contributed by atoms with Gasteiger partial charge in [0.1, 0.15) is 11.3 Å². The van der Waals surface area contributed by atoms with Crippen LogP contribution in [-0.4, -0.2) is 20.2 Å². The number of imidazole rings is 1. The van der Waals surface area contributed by atoms with Crippen LogP contribution in [0.2, 0.25) is 10.0 Å². The molecule has 6 heteroatoms. The Bertz CT molecular complexity index is 871. The molecule has 1 saturated carbocycles. The highest BCUT2D eigenvalue weighted by molar-refractivity contribution is 6.35. The van der Waals surface area contributed by atoms with E-state index in [4.69, 9.17) is 28.2 Å². The number of aromatic amines is 1. The van der Waals surface area contributed by atoms with Gasteiger partial charge in [-0.2, -0.15) is 10.2 Å². The maximum atomic E-state index is 6.36. The first-order valence-electron chi connectivity index (χ1n) is 9.26. The molecule has 2 aromatic heterocycles. The van der Waals surface area contributed by atoms with E-state index in [1.165, 1.54) is 18.4 Å². The molecule has 4 rings (SSSR count). The van der Waals surface area contributed by atoms with Gasteiger partial charge in [-0.1, -0.05) is 42.6 Å². The van der Waals surface area contributed by atoms with Crippen LogP contribution in [-0.2, 0) is 6.42 Å². The maximum absolute atomic E-state index is 6.36. The monoisotopic (exact) mass is 388 g/mol. The molecule has 4 nitrogen and oxygen atoms in total. The molecule has 2 atom stereocenters. The SMILES string of the molecule is CCC(CCc1ccc(Cl)cc1Cl)C(c1nc2cnncc2[nH]1)C1CC1. The summed E-state index contributed by atoms with van der Waals surface area (Å²) in [5.41, 5.74) is 3.04. The molecule has 2 unspecified atom stereocenters. The largest absolute Gasteiger partial charge is 0.340 e. The van der Waals surface area contributed by atoms with Gasteiger partial charge in [0, 0.05) is 16.0 Å². The van der Waals surface area contributed by atoms with E-state index in [0.29, 0.717) is 16.9 Å². The van der Waals surface area contributed by atoms with Crippen molar-refractivity contribution in [2.24, 2.45) is 11.8 Å². The first-order chi connectivity index (χ1) is 12.7. The summed E-state index contributed by atoms with van der Waals surface area (Å²) in [5, 5.41) is 9.35. The van der Waals surface area contributed by atoms with Crippen LogP contribution in [0.5, 0.6) is 0 Å². The van der Waals surface area contributed by atoms with Gasteiger partial charge in [-0.05, 0) is 55.2 Å². The van der Waals surface area contributed by atoms with Gasteiger partial charge in [-0.3, -0.25) is 0 Å². The number of fused-ring (bicyclic) bond motifs is 1. The second kappa shape index (κ2) is 7.53. The highest BCUT2D eigenvalue weighted by atomic mass is 35.5. The zero-order valence-corrected chi connectivity index (χ0v) is 16.3. The summed E-state index contributed by atoms with van der Waals surface area (Å²) in [6.07, 6.45) is 9.23. The van der Waals surface area contributed by atoms with E-state index in [1.54, 1.807) is 12.4 Å². The van der Waals surface area contributed by atoms with Gasteiger partial charge in [0.25, 0.3) is 0 Å². The van der Waals surface area contributed by atoms with Gasteiger partial charge in [0.15, 0.2) is 0 Å². The summed E-state index contributed by atoms with van der Waals surface area (Å²) >= 11 is 12.4. The number of H-pyrrole nitrogens is 1. The first kappa shape index (κ1) is 17.7. The van der Waals surface area contributed by atoms with E-state index in [-0.39, 0.29) is 0 Å². The van der Waals surface area contributed by atoms with Crippen molar-refractivity contribution in [3.8, 4) is 0 Å². The van der Waals surface area contributed by atoms with Crippen molar-refractivity contribution >= 4 is 34.2 Å². The smallest absolute Gasteiger partial charge is 0.111 e. The summed E-state index contributed by atoms with van der Waals surface area (Å²) in [6.45, 7) is 2.27. The number of halogens is 2. The van der Waals surface area contributed by atoms with Crippen molar-refractivity contribution in [2.75, 3.05) is 0 Å². The molecule has 1 fully saturated rings. The Hall–Kier alpha value is -1.65. The highest BCUT2D eigenvalue weighted by Crippen LogP contribution is 2.48. The average molecular weight is 389 g/mol. The van der Waals surface area contributed by atoms with Gasteiger partial charge in [-0.15, -0.1) is 0 Å². The van der Waals surface area contributed by atoms with Gasteiger partial charge >= 0.3 is 0 Å². The van der Waals surface area contributed by atoms with Gasteiger partial charge in [0.05, 0.1) is 17.9 Å². The second-order valence-corrected chi connectivity index (χ2v) is 8.06. The standard InChI is InChI=1S/C20H22Cl2N4/c1-2-12(3-4-13-7-8-15(21)9-16(13)22)19(14-5-6-14)20-25-17-10-23-24-11-18(17)26-20/h7-12,14,19H,2-6H2,1H3,(H,25,26). The fourth-order valence-electron chi connectivity index (χ4n) is 3.94. The third-order valence-corrected chi connectivity index (χ3v) is 6.08. The summed E-state index contributed by atoms with van der Waals surface area (Å²) in [6, 6.07) is 5.79. The van der Waals surface area contributed by atoms with Crippen LogP contribution in [0.1, 0.15) is 49.9 Å². The zero-order chi connectivity index (χ0) is 18.1. The minimum Gasteiger partial charge on any atom is -0.340 e. The van der Waals surface area contributed by atoms with Crippen LogP contribution in [0.3, 0.4) is 0 Å². The molecule has 136 valence electrons. The lowest BCUT2D eigenvalue weighted by Gasteiger charge is -2.25. The topological polar surface area (TPSA) is 54.5 Å². The van der Waals surface area contributed by atoms with Gasteiger partial charge < -0.3 is 4.98 Å². The van der Waals surface area contributed by atoms with Crippen molar-refractivity contribution < 1.29 is 0 Å². The predicted molar refractivity (Wildman–Crippen MR) is 106 cm³/mol. The molecule has 2 heterocycles. The Morgan fingerprint density at radius 2 is 2.00 bits per heavy atom. The van der Waals surface area contributed by atoms with E-state index in [2.05, 4.69) is 22.1 Å². The van der Waals surface area contributed by atoms with Crippen molar-refractivity contribution in [2.45, 2.75) is 44.9 Å². The number of aryl methyl sites for hydroxylation is 1. The first-order valence-corrected chi connectivity index (χ1v) is 10.0. The minimum atomic E-state index is 0.457.